The second-order valence-electron chi connectivity index (χ2n) is 8.50. The van der Waals surface area contributed by atoms with Crippen molar-refractivity contribution in [1.29, 1.82) is 0 Å². The molecule has 0 radical (unpaired) electrons. The van der Waals surface area contributed by atoms with Crippen LogP contribution in [0.4, 0.5) is 4.39 Å². The maximum absolute atomic E-state index is 13.8. The molecule has 2 heterocycles. The molecule has 2 amide bonds. The third kappa shape index (κ3) is 3.78. The van der Waals surface area contributed by atoms with E-state index in [0.29, 0.717) is 26.1 Å². The van der Waals surface area contributed by atoms with E-state index in [1.165, 1.54) is 12.1 Å². The Morgan fingerprint density at radius 1 is 1.07 bits per heavy atom. The van der Waals surface area contributed by atoms with Gasteiger partial charge in [-0.2, -0.15) is 0 Å². The highest BCUT2D eigenvalue weighted by atomic mass is 19.1. The van der Waals surface area contributed by atoms with Gasteiger partial charge in [-0.05, 0) is 42.7 Å². The second kappa shape index (κ2) is 7.62. The highest BCUT2D eigenvalue weighted by Gasteiger charge is 2.49. The summed E-state index contributed by atoms with van der Waals surface area (Å²) in [4.78, 5) is 29.0. The zero-order valence-corrected chi connectivity index (χ0v) is 17.2. The molecule has 0 bridgehead atoms. The quantitative estimate of drug-likeness (QED) is 0.797. The molecule has 4 rings (SSSR count). The minimum Gasteiger partial charge on any atom is -0.342 e. The number of hydrogen-bond acceptors (Lipinski definition) is 2. The van der Waals surface area contributed by atoms with Gasteiger partial charge in [0.25, 0.3) is 0 Å². The van der Waals surface area contributed by atoms with Crippen molar-refractivity contribution in [2.24, 2.45) is 11.8 Å². The number of carbonyl (C=O) groups excluding carboxylic acids is 2. The van der Waals surface area contributed by atoms with Crippen LogP contribution in [-0.4, -0.2) is 41.2 Å². The predicted molar refractivity (Wildman–Crippen MR) is 110 cm³/mol. The standard InChI is InChI=1S/C24H27FN2O2/c1-15-7-8-16(2)19(9-15)11-23(29)26-12-20-13-27(17(3)28)24(22(20)14-26)18-5-4-6-21(25)10-18/h4-10,20,22,24H,11-14H2,1-3H3/t20-,22-,24+/m1/s1. The number of hydrogen-bond donors (Lipinski definition) is 0. The highest BCUT2D eigenvalue weighted by molar-refractivity contribution is 5.80. The minimum atomic E-state index is -0.296. The predicted octanol–water partition coefficient (Wildman–Crippen LogP) is 3.66. The summed E-state index contributed by atoms with van der Waals surface area (Å²) in [5.74, 6) is 0.204. The molecule has 2 saturated heterocycles. The van der Waals surface area contributed by atoms with Gasteiger partial charge >= 0.3 is 0 Å². The molecule has 0 N–H and O–H groups in total. The lowest BCUT2D eigenvalue weighted by Gasteiger charge is -2.29. The van der Waals surface area contributed by atoms with Crippen molar-refractivity contribution in [3.63, 3.8) is 0 Å². The molecule has 2 aliphatic heterocycles. The Hall–Kier alpha value is -2.69. The molecule has 2 aliphatic rings. The first-order chi connectivity index (χ1) is 13.8. The molecule has 4 nitrogen and oxygen atoms in total. The summed E-state index contributed by atoms with van der Waals surface area (Å²) >= 11 is 0. The van der Waals surface area contributed by atoms with Crippen LogP contribution >= 0.6 is 0 Å². The lowest BCUT2D eigenvalue weighted by Crippen LogP contribution is -2.37. The molecule has 2 fully saturated rings. The summed E-state index contributed by atoms with van der Waals surface area (Å²) in [6, 6.07) is 12.5. The summed E-state index contributed by atoms with van der Waals surface area (Å²) in [5.41, 5.74) is 4.17. The molecule has 152 valence electrons. The summed E-state index contributed by atoms with van der Waals surface area (Å²) in [7, 11) is 0. The van der Waals surface area contributed by atoms with Crippen LogP contribution in [0.2, 0.25) is 0 Å². The number of carbonyl (C=O) groups is 2. The number of likely N-dealkylation sites (tertiary alicyclic amines) is 2. The Bertz CT molecular complexity index is 958. The van der Waals surface area contributed by atoms with Crippen molar-refractivity contribution in [3.8, 4) is 0 Å². The largest absolute Gasteiger partial charge is 0.342 e. The van der Waals surface area contributed by atoms with Crippen LogP contribution in [0.15, 0.2) is 42.5 Å². The zero-order chi connectivity index (χ0) is 20.7. The summed E-state index contributed by atoms with van der Waals surface area (Å²) in [6.45, 7) is 7.52. The average Bonchev–Trinajstić information content (AvgIpc) is 3.22. The maximum atomic E-state index is 13.8. The van der Waals surface area contributed by atoms with Gasteiger partial charge in [0.15, 0.2) is 0 Å². The summed E-state index contributed by atoms with van der Waals surface area (Å²) in [5, 5.41) is 0. The number of nitrogens with zero attached hydrogens (tertiary/aromatic N) is 2. The van der Waals surface area contributed by atoms with E-state index in [9.17, 15) is 14.0 Å². The third-order valence-corrected chi connectivity index (χ3v) is 6.46. The van der Waals surface area contributed by atoms with E-state index in [1.54, 1.807) is 13.0 Å². The summed E-state index contributed by atoms with van der Waals surface area (Å²) < 4.78 is 13.8. The molecule has 0 unspecified atom stereocenters. The summed E-state index contributed by atoms with van der Waals surface area (Å²) in [6.07, 6.45) is 0.397. The fraction of sp³-hybridized carbons (Fsp3) is 0.417. The number of aryl methyl sites for hydroxylation is 2. The van der Waals surface area contributed by atoms with Gasteiger partial charge < -0.3 is 9.80 Å². The monoisotopic (exact) mass is 394 g/mol. The fourth-order valence-corrected chi connectivity index (χ4v) is 4.96. The van der Waals surface area contributed by atoms with Crippen molar-refractivity contribution < 1.29 is 14.0 Å². The molecule has 5 heteroatoms. The third-order valence-electron chi connectivity index (χ3n) is 6.46. The van der Waals surface area contributed by atoms with Gasteiger partial charge in [-0.25, -0.2) is 4.39 Å². The topological polar surface area (TPSA) is 40.6 Å². The molecule has 3 atom stereocenters. The van der Waals surface area contributed by atoms with Crippen LogP contribution in [-0.2, 0) is 16.0 Å². The van der Waals surface area contributed by atoms with Crippen LogP contribution in [0.5, 0.6) is 0 Å². The van der Waals surface area contributed by atoms with Crippen LogP contribution in [0, 0.1) is 31.5 Å². The Morgan fingerprint density at radius 3 is 2.59 bits per heavy atom. The van der Waals surface area contributed by atoms with Gasteiger partial charge in [-0.15, -0.1) is 0 Å². The Labute approximate surface area is 171 Å². The lowest BCUT2D eigenvalue weighted by atomic mass is 9.89. The molecule has 2 aromatic rings. The molecule has 29 heavy (non-hydrogen) atoms. The Kier molecular flexibility index (Phi) is 5.15. The van der Waals surface area contributed by atoms with Gasteiger partial charge in [-0.3, -0.25) is 9.59 Å². The van der Waals surface area contributed by atoms with Crippen molar-refractivity contribution in [2.45, 2.75) is 33.2 Å². The van der Waals surface area contributed by atoms with E-state index in [-0.39, 0.29) is 35.5 Å². The normalized spacial score (nSPS) is 23.4. The first-order valence-electron chi connectivity index (χ1n) is 10.2. The number of rotatable bonds is 3. The molecule has 0 aliphatic carbocycles. The second-order valence-corrected chi connectivity index (χ2v) is 8.50. The van der Waals surface area contributed by atoms with E-state index in [2.05, 4.69) is 18.2 Å². The van der Waals surface area contributed by atoms with Crippen LogP contribution < -0.4 is 0 Å². The molecule has 0 saturated carbocycles. The van der Waals surface area contributed by atoms with Gasteiger partial charge in [0.1, 0.15) is 5.82 Å². The molecule has 0 aromatic heterocycles. The fourth-order valence-electron chi connectivity index (χ4n) is 4.96. The van der Waals surface area contributed by atoms with Crippen molar-refractivity contribution in [3.05, 3.63) is 70.5 Å². The maximum Gasteiger partial charge on any atom is 0.227 e. The number of amides is 2. The van der Waals surface area contributed by atoms with Crippen molar-refractivity contribution in [2.75, 3.05) is 19.6 Å². The number of fused-ring (bicyclic) bond motifs is 1. The van der Waals surface area contributed by atoms with Gasteiger partial charge in [0.05, 0.1) is 12.5 Å². The lowest BCUT2D eigenvalue weighted by molar-refractivity contribution is -0.131. The van der Waals surface area contributed by atoms with Gasteiger partial charge in [-0.1, -0.05) is 35.9 Å². The van der Waals surface area contributed by atoms with Crippen molar-refractivity contribution in [1.82, 2.24) is 9.80 Å². The molecular weight excluding hydrogens is 367 g/mol. The first-order valence-corrected chi connectivity index (χ1v) is 10.2. The van der Waals surface area contributed by atoms with E-state index >= 15 is 0 Å². The Morgan fingerprint density at radius 2 is 1.86 bits per heavy atom. The van der Waals surface area contributed by atoms with E-state index in [0.717, 1.165) is 22.3 Å². The number of benzene rings is 2. The molecule has 2 aromatic carbocycles. The van der Waals surface area contributed by atoms with E-state index in [1.807, 2.05) is 29.7 Å². The zero-order valence-electron chi connectivity index (χ0n) is 17.2. The Balaban J connectivity index is 1.54. The van der Waals surface area contributed by atoms with Crippen LogP contribution in [0.25, 0.3) is 0 Å². The molecule has 0 spiro atoms. The van der Waals surface area contributed by atoms with E-state index in [4.69, 9.17) is 0 Å². The number of halogens is 1. The van der Waals surface area contributed by atoms with E-state index < -0.39 is 0 Å². The van der Waals surface area contributed by atoms with Gasteiger partial charge in [0.2, 0.25) is 11.8 Å². The van der Waals surface area contributed by atoms with Crippen LogP contribution in [0.3, 0.4) is 0 Å². The molecular formula is C24H27FN2O2. The minimum absolute atomic E-state index is 0.00178. The first kappa shape index (κ1) is 19.6. The SMILES string of the molecule is CC(=O)N1C[C@H]2CN(C(=O)Cc3cc(C)ccc3C)C[C@H]2[C@@H]1c1cccc(F)c1. The van der Waals surface area contributed by atoms with Gasteiger partial charge in [0, 0.05) is 38.4 Å². The van der Waals surface area contributed by atoms with Crippen LogP contribution in [0.1, 0.15) is 35.2 Å². The van der Waals surface area contributed by atoms with Crippen molar-refractivity contribution >= 4 is 11.8 Å². The smallest absolute Gasteiger partial charge is 0.227 e. The highest BCUT2D eigenvalue weighted by Crippen LogP contribution is 2.45. The average molecular weight is 394 g/mol.